The molecule has 0 radical (unpaired) electrons. The standard InChI is InChI=1S/C17H27NO3S/c1-16(2,3)12-17(4,5)18-15(19)14-9-7-13(8-10-14)11-22(6,20)21/h7-10H,11-12H2,1-6H3,(H,18,19). The molecule has 0 fully saturated rings. The summed E-state index contributed by atoms with van der Waals surface area (Å²) in [5.41, 5.74) is 1.05. The number of sulfone groups is 1. The molecular formula is C17H27NO3S. The molecule has 0 saturated heterocycles. The lowest BCUT2D eigenvalue weighted by atomic mass is 9.81. The predicted molar refractivity (Wildman–Crippen MR) is 90.6 cm³/mol. The SMILES string of the molecule is CC(C)(C)CC(C)(C)NC(=O)c1ccc(CS(C)(=O)=O)cc1. The first-order valence-electron chi connectivity index (χ1n) is 7.37. The van der Waals surface area contributed by atoms with Gasteiger partial charge in [0.2, 0.25) is 0 Å². The number of rotatable bonds is 5. The van der Waals surface area contributed by atoms with Crippen molar-refractivity contribution in [1.29, 1.82) is 0 Å². The lowest BCUT2D eigenvalue weighted by molar-refractivity contribution is 0.0891. The summed E-state index contributed by atoms with van der Waals surface area (Å²) in [6, 6.07) is 6.71. The Morgan fingerprint density at radius 2 is 1.55 bits per heavy atom. The summed E-state index contributed by atoms with van der Waals surface area (Å²) in [6.07, 6.45) is 2.06. The number of hydrogen-bond donors (Lipinski definition) is 1. The van der Waals surface area contributed by atoms with Crippen molar-refractivity contribution in [2.75, 3.05) is 6.26 Å². The van der Waals surface area contributed by atoms with Gasteiger partial charge in [-0.2, -0.15) is 0 Å². The summed E-state index contributed by atoms with van der Waals surface area (Å²) >= 11 is 0. The van der Waals surface area contributed by atoms with Gasteiger partial charge < -0.3 is 5.32 Å². The van der Waals surface area contributed by atoms with Gasteiger partial charge in [-0.1, -0.05) is 32.9 Å². The summed E-state index contributed by atoms with van der Waals surface area (Å²) in [4.78, 5) is 12.3. The topological polar surface area (TPSA) is 63.2 Å². The number of amides is 1. The maximum atomic E-state index is 12.3. The fourth-order valence-electron chi connectivity index (χ4n) is 2.80. The Kier molecular flexibility index (Phi) is 5.44. The van der Waals surface area contributed by atoms with Gasteiger partial charge in [0.05, 0.1) is 5.75 Å². The molecule has 1 aromatic carbocycles. The summed E-state index contributed by atoms with van der Waals surface area (Å²) in [7, 11) is -3.06. The average molecular weight is 325 g/mol. The second-order valence-electron chi connectivity index (χ2n) is 7.84. The van der Waals surface area contributed by atoms with Gasteiger partial charge in [0.15, 0.2) is 9.84 Å². The molecule has 0 unspecified atom stereocenters. The van der Waals surface area contributed by atoms with Gasteiger partial charge in [0.1, 0.15) is 0 Å². The summed E-state index contributed by atoms with van der Waals surface area (Å²) in [6.45, 7) is 10.4. The molecule has 0 aliphatic carbocycles. The first kappa shape index (κ1) is 18.7. The van der Waals surface area contributed by atoms with E-state index >= 15 is 0 Å². The molecule has 5 heteroatoms. The first-order valence-corrected chi connectivity index (χ1v) is 9.43. The molecule has 0 saturated carbocycles. The van der Waals surface area contributed by atoms with E-state index in [9.17, 15) is 13.2 Å². The molecule has 0 aliphatic rings. The Morgan fingerprint density at radius 1 is 1.05 bits per heavy atom. The molecule has 0 heterocycles. The van der Waals surface area contributed by atoms with Crippen molar-refractivity contribution in [3.8, 4) is 0 Å². The van der Waals surface area contributed by atoms with Crippen molar-refractivity contribution in [3.05, 3.63) is 35.4 Å². The van der Waals surface area contributed by atoms with E-state index in [0.717, 1.165) is 6.42 Å². The number of hydrogen-bond acceptors (Lipinski definition) is 3. The van der Waals surface area contributed by atoms with Crippen molar-refractivity contribution in [1.82, 2.24) is 5.32 Å². The highest BCUT2D eigenvalue weighted by Gasteiger charge is 2.27. The summed E-state index contributed by atoms with van der Waals surface area (Å²) in [5, 5.41) is 3.04. The van der Waals surface area contributed by atoms with Gasteiger partial charge in [-0.15, -0.1) is 0 Å². The molecule has 0 spiro atoms. The van der Waals surface area contributed by atoms with Gasteiger partial charge in [-0.05, 0) is 43.4 Å². The van der Waals surface area contributed by atoms with Crippen LogP contribution in [-0.4, -0.2) is 26.1 Å². The zero-order valence-corrected chi connectivity index (χ0v) is 15.2. The van der Waals surface area contributed by atoms with Crippen molar-refractivity contribution >= 4 is 15.7 Å². The Hall–Kier alpha value is -1.36. The molecular weight excluding hydrogens is 298 g/mol. The van der Waals surface area contributed by atoms with E-state index in [1.807, 2.05) is 13.8 Å². The molecule has 4 nitrogen and oxygen atoms in total. The van der Waals surface area contributed by atoms with Crippen molar-refractivity contribution in [2.24, 2.45) is 5.41 Å². The van der Waals surface area contributed by atoms with Crippen molar-refractivity contribution < 1.29 is 13.2 Å². The molecule has 1 aromatic rings. The molecule has 124 valence electrons. The van der Waals surface area contributed by atoms with Crippen LogP contribution in [0.2, 0.25) is 0 Å². The molecule has 0 aromatic heterocycles. The highest BCUT2D eigenvalue weighted by Crippen LogP contribution is 2.27. The van der Waals surface area contributed by atoms with Gasteiger partial charge in [-0.3, -0.25) is 4.79 Å². The zero-order chi connectivity index (χ0) is 17.2. The van der Waals surface area contributed by atoms with Gasteiger partial charge in [0, 0.05) is 17.4 Å². The second kappa shape index (κ2) is 6.41. The van der Waals surface area contributed by atoms with E-state index in [1.54, 1.807) is 24.3 Å². The predicted octanol–water partition coefficient (Wildman–Crippen LogP) is 3.18. The Balaban J connectivity index is 2.78. The molecule has 0 bridgehead atoms. The minimum Gasteiger partial charge on any atom is -0.347 e. The summed E-state index contributed by atoms with van der Waals surface area (Å²) in [5.74, 6) is -0.148. The Bertz CT molecular complexity index is 623. The van der Waals surface area contributed by atoms with Crippen LogP contribution in [-0.2, 0) is 15.6 Å². The molecule has 22 heavy (non-hydrogen) atoms. The fraction of sp³-hybridized carbons (Fsp3) is 0.588. The smallest absolute Gasteiger partial charge is 0.251 e. The highest BCUT2D eigenvalue weighted by molar-refractivity contribution is 7.89. The van der Waals surface area contributed by atoms with E-state index in [1.165, 1.54) is 6.26 Å². The van der Waals surface area contributed by atoms with Crippen LogP contribution in [0.1, 0.15) is 57.0 Å². The lowest BCUT2D eigenvalue weighted by Gasteiger charge is -2.33. The van der Waals surface area contributed by atoms with Gasteiger partial charge >= 0.3 is 0 Å². The minimum atomic E-state index is -3.06. The first-order chi connectivity index (χ1) is 9.77. The Morgan fingerprint density at radius 3 is 1.95 bits per heavy atom. The van der Waals surface area contributed by atoms with Gasteiger partial charge in [-0.25, -0.2) is 8.42 Å². The molecule has 0 atom stereocenters. The van der Waals surface area contributed by atoms with E-state index in [0.29, 0.717) is 11.1 Å². The highest BCUT2D eigenvalue weighted by atomic mass is 32.2. The molecule has 1 N–H and O–H groups in total. The summed E-state index contributed by atoms with van der Waals surface area (Å²) < 4.78 is 22.5. The second-order valence-corrected chi connectivity index (χ2v) is 9.98. The van der Waals surface area contributed by atoms with Crippen LogP contribution in [0.3, 0.4) is 0 Å². The van der Waals surface area contributed by atoms with Crippen molar-refractivity contribution in [2.45, 2.75) is 52.3 Å². The van der Waals surface area contributed by atoms with Gasteiger partial charge in [0.25, 0.3) is 5.91 Å². The molecule has 1 amide bonds. The number of benzene rings is 1. The van der Waals surface area contributed by atoms with E-state index in [4.69, 9.17) is 0 Å². The van der Waals surface area contributed by atoms with Crippen LogP contribution in [0.25, 0.3) is 0 Å². The largest absolute Gasteiger partial charge is 0.347 e. The fourth-order valence-corrected chi connectivity index (χ4v) is 3.60. The van der Waals surface area contributed by atoms with Crippen LogP contribution in [0.5, 0.6) is 0 Å². The van der Waals surface area contributed by atoms with Crippen molar-refractivity contribution in [3.63, 3.8) is 0 Å². The van der Waals surface area contributed by atoms with Crippen LogP contribution < -0.4 is 5.32 Å². The van der Waals surface area contributed by atoms with E-state index in [-0.39, 0.29) is 22.6 Å². The third kappa shape index (κ3) is 7.07. The lowest BCUT2D eigenvalue weighted by Crippen LogP contribution is -2.45. The number of carbonyl (C=O) groups excluding carboxylic acids is 1. The monoisotopic (exact) mass is 325 g/mol. The normalized spacial score (nSPS) is 13.0. The maximum absolute atomic E-state index is 12.3. The number of carbonyl (C=O) groups is 1. The van der Waals surface area contributed by atoms with Crippen LogP contribution in [0.15, 0.2) is 24.3 Å². The number of nitrogens with one attached hydrogen (secondary N) is 1. The van der Waals surface area contributed by atoms with Crippen LogP contribution in [0.4, 0.5) is 0 Å². The Labute approximate surface area is 134 Å². The van der Waals surface area contributed by atoms with E-state index < -0.39 is 9.84 Å². The molecule has 1 rings (SSSR count). The quantitative estimate of drug-likeness (QED) is 0.904. The van der Waals surface area contributed by atoms with Crippen LogP contribution >= 0.6 is 0 Å². The maximum Gasteiger partial charge on any atom is 0.251 e. The average Bonchev–Trinajstić information content (AvgIpc) is 2.23. The molecule has 0 aliphatic heterocycles. The van der Waals surface area contributed by atoms with Crippen LogP contribution in [0, 0.1) is 5.41 Å². The minimum absolute atomic E-state index is 0.00951. The zero-order valence-electron chi connectivity index (χ0n) is 14.4. The van der Waals surface area contributed by atoms with E-state index in [2.05, 4.69) is 26.1 Å². The third-order valence-electron chi connectivity index (χ3n) is 3.07. The third-order valence-corrected chi connectivity index (χ3v) is 3.93.